The van der Waals surface area contributed by atoms with Gasteiger partial charge >= 0.3 is 0 Å². The Morgan fingerprint density at radius 2 is 1.83 bits per heavy atom. The summed E-state index contributed by atoms with van der Waals surface area (Å²) in [6.07, 6.45) is 7.40. The van der Waals surface area contributed by atoms with Crippen molar-refractivity contribution in [2.45, 2.75) is 70.4 Å². The quantitative estimate of drug-likeness (QED) is 0.774. The number of aromatic amines is 1. The molecule has 0 radical (unpaired) electrons. The minimum atomic E-state index is -3.45. The van der Waals surface area contributed by atoms with Crippen LogP contribution in [-0.4, -0.2) is 71.7 Å². The smallest absolute Gasteiger partial charge is 0.281 e. The Morgan fingerprint density at radius 1 is 1.10 bits per heavy atom. The third-order valence-corrected chi connectivity index (χ3v) is 9.08. The summed E-state index contributed by atoms with van der Waals surface area (Å²) in [4.78, 5) is 23.2. The van der Waals surface area contributed by atoms with E-state index in [-0.39, 0.29) is 11.5 Å². The average Bonchev–Trinajstić information content (AvgIpc) is 2.74. The predicted octanol–water partition coefficient (Wildman–Crippen LogP) is 1.69. The van der Waals surface area contributed by atoms with Crippen LogP contribution in [0.2, 0.25) is 0 Å². The zero-order valence-corrected chi connectivity index (χ0v) is 19.2. The molecule has 1 aromatic heterocycles. The van der Waals surface area contributed by atoms with Crippen LogP contribution in [0.15, 0.2) is 4.79 Å². The second kappa shape index (κ2) is 8.68. The number of fused-ring (bicyclic) bond motifs is 1. The molecule has 2 fully saturated rings. The molecule has 0 unspecified atom stereocenters. The number of aromatic nitrogens is 2. The number of hydrogen-bond acceptors (Lipinski definition) is 5. The zero-order chi connectivity index (χ0) is 21.5. The summed E-state index contributed by atoms with van der Waals surface area (Å²) in [5, 5.41) is 0. The normalized spacial score (nSPS) is 29.1. The van der Waals surface area contributed by atoms with E-state index in [0.29, 0.717) is 31.5 Å². The van der Waals surface area contributed by atoms with E-state index < -0.39 is 10.2 Å². The molecule has 2 aliphatic heterocycles. The van der Waals surface area contributed by atoms with E-state index in [9.17, 15) is 13.2 Å². The number of piperidine rings is 1. The molecular formula is C21H35N5O3S. The Balaban J connectivity index is 1.50. The maximum Gasteiger partial charge on any atom is 0.281 e. The van der Waals surface area contributed by atoms with Crippen LogP contribution in [0.1, 0.15) is 68.4 Å². The molecule has 0 bridgehead atoms. The molecule has 3 heterocycles. The monoisotopic (exact) mass is 437 g/mol. The summed E-state index contributed by atoms with van der Waals surface area (Å²) in [7, 11) is -0.347. The SMILES string of the molecule is CC1CCC(N2CCc3nc([C@H]4CCCN(S(=O)(=O)N(C)C)C4)[nH]c(=O)c3C2)CC1. The first-order chi connectivity index (χ1) is 14.3. The minimum absolute atomic E-state index is 0.0449. The van der Waals surface area contributed by atoms with Gasteiger partial charge in [0, 0.05) is 58.7 Å². The Kier molecular flexibility index (Phi) is 6.35. The highest BCUT2D eigenvalue weighted by Crippen LogP contribution is 2.31. The molecule has 1 N–H and O–H groups in total. The van der Waals surface area contributed by atoms with Gasteiger partial charge in [-0.1, -0.05) is 6.92 Å². The molecule has 0 spiro atoms. The lowest BCUT2D eigenvalue weighted by Gasteiger charge is -2.38. The Bertz CT molecular complexity index is 921. The van der Waals surface area contributed by atoms with Crippen molar-refractivity contribution in [3.63, 3.8) is 0 Å². The highest BCUT2D eigenvalue weighted by atomic mass is 32.2. The van der Waals surface area contributed by atoms with Crippen molar-refractivity contribution in [1.82, 2.24) is 23.5 Å². The van der Waals surface area contributed by atoms with Gasteiger partial charge < -0.3 is 4.98 Å². The summed E-state index contributed by atoms with van der Waals surface area (Å²) in [6.45, 7) is 4.85. The zero-order valence-electron chi connectivity index (χ0n) is 18.4. The first kappa shape index (κ1) is 21.9. The molecule has 9 heteroatoms. The van der Waals surface area contributed by atoms with Gasteiger partial charge in [-0.25, -0.2) is 4.98 Å². The third kappa shape index (κ3) is 4.35. The molecule has 1 aromatic rings. The fourth-order valence-corrected chi connectivity index (χ4v) is 6.37. The number of nitrogens with one attached hydrogen (secondary N) is 1. The topological polar surface area (TPSA) is 89.6 Å². The second-order valence-electron chi connectivity index (χ2n) is 9.50. The number of H-pyrrole nitrogens is 1. The maximum absolute atomic E-state index is 12.9. The van der Waals surface area contributed by atoms with Crippen LogP contribution in [-0.2, 0) is 23.2 Å². The van der Waals surface area contributed by atoms with Crippen LogP contribution in [0.3, 0.4) is 0 Å². The first-order valence-corrected chi connectivity index (χ1v) is 12.7. The summed E-state index contributed by atoms with van der Waals surface area (Å²) in [6, 6.07) is 0.580. The highest BCUT2D eigenvalue weighted by molar-refractivity contribution is 7.86. The van der Waals surface area contributed by atoms with Crippen molar-refractivity contribution in [2.24, 2.45) is 5.92 Å². The van der Waals surface area contributed by atoms with Crippen molar-refractivity contribution in [3.8, 4) is 0 Å². The molecule has 1 saturated heterocycles. The van der Waals surface area contributed by atoms with Crippen molar-refractivity contribution >= 4 is 10.2 Å². The van der Waals surface area contributed by atoms with Gasteiger partial charge in [-0.05, 0) is 44.4 Å². The van der Waals surface area contributed by atoms with Gasteiger partial charge in [0.15, 0.2) is 0 Å². The van der Waals surface area contributed by atoms with Crippen LogP contribution in [0.4, 0.5) is 0 Å². The van der Waals surface area contributed by atoms with Gasteiger partial charge in [-0.3, -0.25) is 9.69 Å². The van der Waals surface area contributed by atoms with E-state index in [1.165, 1.54) is 34.3 Å². The molecule has 1 aliphatic carbocycles. The lowest BCUT2D eigenvalue weighted by Crippen LogP contribution is -2.46. The molecule has 8 nitrogen and oxygen atoms in total. The van der Waals surface area contributed by atoms with Gasteiger partial charge in [0.25, 0.3) is 15.8 Å². The largest absolute Gasteiger partial charge is 0.310 e. The maximum atomic E-state index is 12.9. The lowest BCUT2D eigenvalue weighted by molar-refractivity contribution is 0.124. The molecule has 168 valence electrons. The van der Waals surface area contributed by atoms with Gasteiger partial charge in [0.1, 0.15) is 5.82 Å². The fraction of sp³-hybridized carbons (Fsp3) is 0.810. The third-order valence-electron chi connectivity index (χ3n) is 7.18. The van der Waals surface area contributed by atoms with E-state index in [1.807, 2.05) is 0 Å². The molecule has 0 amide bonds. The van der Waals surface area contributed by atoms with E-state index in [2.05, 4.69) is 16.8 Å². The predicted molar refractivity (Wildman–Crippen MR) is 117 cm³/mol. The summed E-state index contributed by atoms with van der Waals surface area (Å²) < 4.78 is 27.8. The van der Waals surface area contributed by atoms with Crippen molar-refractivity contribution < 1.29 is 8.42 Å². The minimum Gasteiger partial charge on any atom is -0.310 e. The molecule has 1 saturated carbocycles. The highest BCUT2D eigenvalue weighted by Gasteiger charge is 2.34. The lowest BCUT2D eigenvalue weighted by atomic mass is 9.86. The standard InChI is InChI=1S/C21H35N5O3S/c1-15-6-8-17(9-7-15)25-12-10-19-18(14-25)21(27)23-20(22-19)16-5-4-11-26(13-16)30(28,29)24(2)3/h15-17H,4-14H2,1-3H3,(H,22,23,27)/t15?,16-,17?/m0/s1. The Morgan fingerprint density at radius 3 is 2.53 bits per heavy atom. The van der Waals surface area contributed by atoms with Crippen LogP contribution < -0.4 is 5.56 Å². The number of hydrogen-bond donors (Lipinski definition) is 1. The van der Waals surface area contributed by atoms with Crippen LogP contribution in [0.5, 0.6) is 0 Å². The van der Waals surface area contributed by atoms with E-state index in [0.717, 1.165) is 43.0 Å². The molecule has 1 atom stereocenters. The number of rotatable bonds is 4. The van der Waals surface area contributed by atoms with E-state index in [1.54, 1.807) is 14.1 Å². The van der Waals surface area contributed by atoms with Gasteiger partial charge in [-0.15, -0.1) is 0 Å². The summed E-state index contributed by atoms with van der Waals surface area (Å²) in [5.74, 6) is 1.40. The van der Waals surface area contributed by atoms with Crippen LogP contribution in [0, 0.1) is 5.92 Å². The summed E-state index contributed by atoms with van der Waals surface area (Å²) >= 11 is 0. The van der Waals surface area contributed by atoms with E-state index in [4.69, 9.17) is 4.98 Å². The molecule has 3 aliphatic rings. The fourth-order valence-electron chi connectivity index (χ4n) is 5.18. The average molecular weight is 438 g/mol. The van der Waals surface area contributed by atoms with Crippen molar-refractivity contribution in [3.05, 3.63) is 27.4 Å². The van der Waals surface area contributed by atoms with Crippen molar-refractivity contribution in [2.75, 3.05) is 33.7 Å². The van der Waals surface area contributed by atoms with Crippen LogP contribution >= 0.6 is 0 Å². The Labute approximate surface area is 179 Å². The molecule has 0 aromatic carbocycles. The summed E-state index contributed by atoms with van der Waals surface area (Å²) in [5.41, 5.74) is 1.66. The molecular weight excluding hydrogens is 402 g/mol. The molecule has 30 heavy (non-hydrogen) atoms. The first-order valence-electron chi connectivity index (χ1n) is 11.3. The second-order valence-corrected chi connectivity index (χ2v) is 11.6. The molecule has 4 rings (SSSR count). The van der Waals surface area contributed by atoms with E-state index >= 15 is 0 Å². The van der Waals surface area contributed by atoms with Gasteiger partial charge in [0.2, 0.25) is 0 Å². The Hall–Kier alpha value is -1.29. The number of nitrogens with zero attached hydrogens (tertiary/aromatic N) is 4. The van der Waals surface area contributed by atoms with Crippen molar-refractivity contribution in [1.29, 1.82) is 0 Å². The van der Waals surface area contributed by atoms with Gasteiger partial charge in [-0.2, -0.15) is 17.0 Å². The van der Waals surface area contributed by atoms with Crippen LogP contribution in [0.25, 0.3) is 0 Å². The van der Waals surface area contributed by atoms with Gasteiger partial charge in [0.05, 0.1) is 11.3 Å².